The van der Waals surface area contributed by atoms with E-state index in [9.17, 15) is 4.79 Å². The first-order valence-corrected chi connectivity index (χ1v) is 11.6. The Balaban J connectivity index is 1.57. The molecule has 0 saturated heterocycles. The molecule has 0 fully saturated rings. The van der Waals surface area contributed by atoms with Gasteiger partial charge in [0, 0.05) is 17.2 Å². The molecule has 9 heteroatoms. The molecule has 0 aliphatic rings. The topological polar surface area (TPSA) is 78.3 Å². The van der Waals surface area contributed by atoms with E-state index in [-0.39, 0.29) is 18.3 Å². The Morgan fingerprint density at radius 3 is 2.68 bits per heavy atom. The molecule has 0 unspecified atom stereocenters. The third-order valence-electron chi connectivity index (χ3n) is 4.48. The molecular weight excluding hydrogens is 480 g/mol. The van der Waals surface area contributed by atoms with Gasteiger partial charge in [-0.3, -0.25) is 4.79 Å². The summed E-state index contributed by atoms with van der Waals surface area (Å²) < 4.78 is 14.4. The molecule has 1 aromatic heterocycles. The molecule has 0 aliphatic carbocycles. The predicted octanol–water partition coefficient (Wildman–Crippen LogP) is 4.90. The number of hydrogen-bond donors (Lipinski definition) is 1. The summed E-state index contributed by atoms with van der Waals surface area (Å²) in [5.74, 6) is 2.16. The van der Waals surface area contributed by atoms with Gasteiger partial charge in [-0.2, -0.15) is 0 Å². The van der Waals surface area contributed by atoms with Crippen LogP contribution in [0.4, 0.5) is 5.69 Å². The fraction of sp³-hybridized carbons (Fsp3) is 0.318. The molecule has 0 radical (unpaired) electrons. The maximum Gasteiger partial charge on any atom is 0.234 e. The van der Waals surface area contributed by atoms with Crippen LogP contribution in [0.15, 0.2) is 46.0 Å². The summed E-state index contributed by atoms with van der Waals surface area (Å²) in [5.41, 5.74) is 2.89. The number of anilines is 1. The zero-order chi connectivity index (χ0) is 22.4. The second-order valence-electron chi connectivity index (χ2n) is 6.93. The van der Waals surface area contributed by atoms with Crippen molar-refractivity contribution in [3.63, 3.8) is 0 Å². The van der Waals surface area contributed by atoms with Crippen molar-refractivity contribution in [2.75, 3.05) is 17.7 Å². The zero-order valence-electron chi connectivity index (χ0n) is 17.9. The largest absolute Gasteiger partial charge is 0.490 e. The molecule has 1 N–H and O–H groups in total. The van der Waals surface area contributed by atoms with Crippen LogP contribution in [0.1, 0.15) is 23.9 Å². The van der Waals surface area contributed by atoms with Gasteiger partial charge in [-0.15, -0.1) is 10.2 Å². The van der Waals surface area contributed by atoms with Crippen molar-refractivity contribution >= 4 is 39.3 Å². The molecule has 0 saturated carbocycles. The Hall–Kier alpha value is -2.52. The molecule has 0 bridgehead atoms. The van der Waals surface area contributed by atoms with Crippen LogP contribution in [0.5, 0.6) is 11.5 Å². The van der Waals surface area contributed by atoms with Crippen LogP contribution in [0.25, 0.3) is 0 Å². The van der Waals surface area contributed by atoms with E-state index in [1.54, 1.807) is 0 Å². The summed E-state index contributed by atoms with van der Waals surface area (Å²) in [6, 6.07) is 11.5. The number of ether oxygens (including phenoxy) is 2. The number of hydrogen-bond acceptors (Lipinski definition) is 6. The lowest BCUT2D eigenvalue weighted by Crippen LogP contribution is -2.15. The van der Waals surface area contributed by atoms with E-state index in [1.807, 2.05) is 68.8 Å². The standard InChI is InChI=1S/C22H25BrN4O3S/c1-5-29-19-10-14(2)6-9-18(19)30-12-20-25-26-22(27(20)4)31-13-21(28)24-17-8-7-16(23)11-15(17)3/h6-11H,5,12-13H2,1-4H3,(H,24,28). The summed E-state index contributed by atoms with van der Waals surface area (Å²) in [5, 5.41) is 12.0. The van der Waals surface area contributed by atoms with Crippen LogP contribution in [-0.2, 0) is 18.4 Å². The van der Waals surface area contributed by atoms with Gasteiger partial charge in [0.1, 0.15) is 6.61 Å². The van der Waals surface area contributed by atoms with Crippen LogP contribution < -0.4 is 14.8 Å². The van der Waals surface area contributed by atoms with Crippen molar-refractivity contribution in [2.45, 2.75) is 32.5 Å². The van der Waals surface area contributed by atoms with Crippen molar-refractivity contribution in [3.05, 3.63) is 57.8 Å². The van der Waals surface area contributed by atoms with Gasteiger partial charge in [0.05, 0.1) is 12.4 Å². The minimum atomic E-state index is -0.0998. The average Bonchev–Trinajstić information content (AvgIpc) is 3.08. The number of halogens is 1. The van der Waals surface area contributed by atoms with Crippen molar-refractivity contribution in [1.29, 1.82) is 0 Å². The Labute approximate surface area is 194 Å². The highest BCUT2D eigenvalue weighted by molar-refractivity contribution is 9.10. The second kappa shape index (κ2) is 10.7. The van der Waals surface area contributed by atoms with Gasteiger partial charge in [-0.25, -0.2) is 0 Å². The number of carbonyl (C=O) groups is 1. The maximum absolute atomic E-state index is 12.3. The molecule has 0 atom stereocenters. The van der Waals surface area contributed by atoms with Crippen LogP contribution in [0.2, 0.25) is 0 Å². The molecule has 164 valence electrons. The van der Waals surface area contributed by atoms with Gasteiger partial charge in [-0.1, -0.05) is 33.8 Å². The fourth-order valence-electron chi connectivity index (χ4n) is 2.83. The van der Waals surface area contributed by atoms with Crippen molar-refractivity contribution in [1.82, 2.24) is 14.8 Å². The van der Waals surface area contributed by atoms with Crippen molar-refractivity contribution in [2.24, 2.45) is 7.05 Å². The highest BCUT2D eigenvalue weighted by atomic mass is 79.9. The SMILES string of the molecule is CCOc1cc(C)ccc1OCc1nnc(SCC(=O)Nc2ccc(Br)cc2C)n1C. The molecular formula is C22H25BrN4O3S. The van der Waals surface area contributed by atoms with Gasteiger partial charge in [-0.05, 0) is 62.2 Å². The highest BCUT2D eigenvalue weighted by Gasteiger charge is 2.14. The summed E-state index contributed by atoms with van der Waals surface area (Å²) in [6.07, 6.45) is 0. The number of amides is 1. The average molecular weight is 505 g/mol. The molecule has 7 nitrogen and oxygen atoms in total. The number of nitrogens with zero attached hydrogens (tertiary/aromatic N) is 3. The van der Waals surface area contributed by atoms with E-state index in [0.29, 0.717) is 29.1 Å². The molecule has 3 aromatic rings. The Bertz CT molecular complexity index is 1070. The van der Waals surface area contributed by atoms with Gasteiger partial charge >= 0.3 is 0 Å². The lowest BCUT2D eigenvalue weighted by molar-refractivity contribution is -0.113. The first-order chi connectivity index (χ1) is 14.9. The van der Waals surface area contributed by atoms with Crippen molar-refractivity contribution < 1.29 is 14.3 Å². The second-order valence-corrected chi connectivity index (χ2v) is 8.78. The van der Waals surface area contributed by atoms with Crippen LogP contribution in [-0.4, -0.2) is 33.0 Å². The third-order valence-corrected chi connectivity index (χ3v) is 5.99. The van der Waals surface area contributed by atoms with E-state index in [4.69, 9.17) is 9.47 Å². The van der Waals surface area contributed by atoms with E-state index in [1.165, 1.54) is 11.8 Å². The minimum absolute atomic E-state index is 0.0998. The van der Waals surface area contributed by atoms with Gasteiger partial charge < -0.3 is 19.4 Å². The summed E-state index contributed by atoms with van der Waals surface area (Å²) in [6.45, 7) is 6.70. The van der Waals surface area contributed by atoms with Crippen LogP contribution in [0.3, 0.4) is 0 Å². The number of thioether (sulfide) groups is 1. The first kappa shape index (κ1) is 23.1. The highest BCUT2D eigenvalue weighted by Crippen LogP contribution is 2.29. The van der Waals surface area contributed by atoms with Crippen molar-refractivity contribution in [3.8, 4) is 11.5 Å². The van der Waals surface area contributed by atoms with E-state index in [2.05, 4.69) is 31.4 Å². The Kier molecular flexibility index (Phi) is 7.97. The lowest BCUT2D eigenvalue weighted by atomic mass is 10.2. The number of carbonyl (C=O) groups excluding carboxylic acids is 1. The normalized spacial score (nSPS) is 10.7. The number of aromatic nitrogens is 3. The zero-order valence-corrected chi connectivity index (χ0v) is 20.3. The monoisotopic (exact) mass is 504 g/mol. The lowest BCUT2D eigenvalue weighted by Gasteiger charge is -2.12. The number of aryl methyl sites for hydroxylation is 2. The number of benzene rings is 2. The van der Waals surface area contributed by atoms with E-state index >= 15 is 0 Å². The van der Waals surface area contributed by atoms with Gasteiger partial charge in [0.25, 0.3) is 0 Å². The third kappa shape index (κ3) is 6.24. The Morgan fingerprint density at radius 2 is 1.94 bits per heavy atom. The summed E-state index contributed by atoms with van der Waals surface area (Å²) in [4.78, 5) is 12.3. The van der Waals surface area contributed by atoms with Crippen LogP contribution >= 0.6 is 27.7 Å². The number of nitrogens with one attached hydrogen (secondary N) is 1. The summed E-state index contributed by atoms with van der Waals surface area (Å²) in [7, 11) is 1.86. The molecule has 1 heterocycles. The summed E-state index contributed by atoms with van der Waals surface area (Å²) >= 11 is 4.75. The smallest absolute Gasteiger partial charge is 0.234 e. The molecule has 2 aromatic carbocycles. The maximum atomic E-state index is 12.3. The minimum Gasteiger partial charge on any atom is -0.490 e. The van der Waals surface area contributed by atoms with E-state index in [0.717, 1.165) is 21.3 Å². The van der Waals surface area contributed by atoms with E-state index < -0.39 is 0 Å². The quantitative estimate of drug-likeness (QED) is 0.417. The van der Waals surface area contributed by atoms with Gasteiger partial charge in [0.15, 0.2) is 22.5 Å². The number of rotatable bonds is 9. The molecule has 31 heavy (non-hydrogen) atoms. The predicted molar refractivity (Wildman–Crippen MR) is 126 cm³/mol. The van der Waals surface area contributed by atoms with Gasteiger partial charge in [0.2, 0.25) is 5.91 Å². The molecule has 1 amide bonds. The first-order valence-electron chi connectivity index (χ1n) is 9.80. The molecule has 0 spiro atoms. The molecule has 0 aliphatic heterocycles. The van der Waals surface area contributed by atoms with Crippen LogP contribution in [0, 0.1) is 13.8 Å². The fourth-order valence-corrected chi connectivity index (χ4v) is 4.03. The Morgan fingerprint density at radius 1 is 1.13 bits per heavy atom. The molecule has 3 rings (SSSR count).